The lowest BCUT2D eigenvalue weighted by Crippen LogP contribution is -2.36. The number of ether oxygens (including phenoxy) is 3. The Balaban J connectivity index is 2.04. The van der Waals surface area contributed by atoms with Crippen molar-refractivity contribution in [2.24, 2.45) is 0 Å². The molecule has 1 aromatic heterocycles. The number of hydrogen-bond donors (Lipinski definition) is 0. The molecule has 0 N–H and O–H groups in total. The average Bonchev–Trinajstić information content (AvgIpc) is 2.93. The molecule has 8 nitrogen and oxygen atoms in total. The second-order valence-corrected chi connectivity index (χ2v) is 8.86. The van der Waals surface area contributed by atoms with Gasteiger partial charge in [-0.2, -0.15) is 4.98 Å². The van der Waals surface area contributed by atoms with Crippen LogP contribution in [0, 0.1) is 13.8 Å². The lowest BCUT2D eigenvalue weighted by atomic mass is 10.00. The van der Waals surface area contributed by atoms with Gasteiger partial charge in [0.25, 0.3) is 0 Å². The summed E-state index contributed by atoms with van der Waals surface area (Å²) < 4.78 is 17.5. The van der Waals surface area contributed by atoms with Gasteiger partial charge in [0, 0.05) is 12.5 Å². The molecule has 0 radical (unpaired) electrons. The number of methoxy groups -OCH3 is 2. The van der Waals surface area contributed by atoms with Crippen molar-refractivity contribution in [1.29, 1.82) is 0 Å². The summed E-state index contributed by atoms with van der Waals surface area (Å²) in [5.74, 6) is 2.09. The Kier molecular flexibility index (Phi) is 6.42. The van der Waals surface area contributed by atoms with Gasteiger partial charge >= 0.3 is 0 Å². The van der Waals surface area contributed by atoms with Gasteiger partial charge in [-0.25, -0.2) is 0 Å². The number of nitrogens with zero attached hydrogens (tertiary/aromatic N) is 4. The Labute approximate surface area is 197 Å². The van der Waals surface area contributed by atoms with Gasteiger partial charge < -0.3 is 14.2 Å². The molecular formula is C24H26N4O4S. The molecule has 33 heavy (non-hydrogen) atoms. The predicted molar refractivity (Wildman–Crippen MR) is 127 cm³/mol. The number of carbonyl (C=O) groups is 1. The van der Waals surface area contributed by atoms with Crippen LogP contribution in [-0.4, -0.2) is 41.1 Å². The fourth-order valence-electron chi connectivity index (χ4n) is 4.03. The minimum Gasteiger partial charge on any atom is -0.497 e. The van der Waals surface area contributed by atoms with E-state index >= 15 is 0 Å². The smallest absolute Gasteiger partial charge is 0.247 e. The topological polar surface area (TPSA) is 86.7 Å². The predicted octanol–water partition coefficient (Wildman–Crippen LogP) is 4.73. The molecule has 3 aromatic rings. The van der Waals surface area contributed by atoms with Gasteiger partial charge in [0.2, 0.25) is 23.2 Å². The standard InChI is InChI=1S/C24H26N4O4S/c1-7-33-24-25-22-20(26-27-24)18-11-13(2)10-14(3)21(18)28(15(4)29)23(32-22)17-12-16(30-5)8-9-19(17)31-6/h8-12,23H,7H2,1-6H3. The monoisotopic (exact) mass is 466 g/mol. The van der Waals surface area contributed by atoms with E-state index in [1.54, 1.807) is 31.3 Å². The lowest BCUT2D eigenvalue weighted by Gasteiger charge is -2.32. The molecule has 4 rings (SSSR count). The highest BCUT2D eigenvalue weighted by atomic mass is 32.2. The molecule has 0 saturated carbocycles. The SMILES string of the molecule is CCSc1nnc2c(n1)OC(c1cc(OC)ccc1OC)N(C(C)=O)c1c(C)cc(C)cc1-2. The van der Waals surface area contributed by atoms with Crippen LogP contribution in [0.15, 0.2) is 35.5 Å². The van der Waals surface area contributed by atoms with Crippen LogP contribution in [-0.2, 0) is 4.79 Å². The van der Waals surface area contributed by atoms with E-state index in [9.17, 15) is 4.79 Å². The van der Waals surface area contributed by atoms with Crippen molar-refractivity contribution < 1.29 is 19.0 Å². The van der Waals surface area contributed by atoms with Crippen LogP contribution in [0.5, 0.6) is 17.4 Å². The van der Waals surface area contributed by atoms with E-state index in [2.05, 4.69) is 15.2 Å². The van der Waals surface area contributed by atoms with Crippen molar-refractivity contribution in [2.45, 2.75) is 39.1 Å². The Morgan fingerprint density at radius 2 is 1.94 bits per heavy atom. The summed E-state index contributed by atoms with van der Waals surface area (Å²) >= 11 is 1.47. The molecule has 0 fully saturated rings. The molecule has 0 aliphatic carbocycles. The summed E-state index contributed by atoms with van der Waals surface area (Å²) in [5.41, 5.74) is 4.52. The van der Waals surface area contributed by atoms with E-state index in [-0.39, 0.29) is 5.91 Å². The molecule has 1 atom stereocenters. The van der Waals surface area contributed by atoms with Gasteiger partial charge in [0.1, 0.15) is 11.5 Å². The first-order valence-corrected chi connectivity index (χ1v) is 11.5. The molecule has 1 unspecified atom stereocenters. The number of rotatable bonds is 5. The van der Waals surface area contributed by atoms with E-state index in [0.29, 0.717) is 39.5 Å². The molecule has 1 amide bonds. The molecule has 2 aromatic carbocycles. The molecule has 9 heteroatoms. The molecule has 0 spiro atoms. The van der Waals surface area contributed by atoms with Gasteiger partial charge in [0.05, 0.1) is 25.5 Å². The van der Waals surface area contributed by atoms with Gasteiger partial charge in [-0.1, -0.05) is 30.3 Å². The number of anilines is 1. The molecule has 0 bridgehead atoms. The summed E-state index contributed by atoms with van der Waals surface area (Å²) in [6.45, 7) is 7.50. The van der Waals surface area contributed by atoms with Crippen LogP contribution in [0.25, 0.3) is 11.3 Å². The fourth-order valence-corrected chi connectivity index (χ4v) is 4.54. The summed E-state index contributed by atoms with van der Waals surface area (Å²) in [6.07, 6.45) is -0.856. The normalized spacial score (nSPS) is 14.6. The van der Waals surface area contributed by atoms with E-state index in [1.165, 1.54) is 18.7 Å². The molecule has 172 valence electrons. The first-order valence-electron chi connectivity index (χ1n) is 10.5. The maximum atomic E-state index is 13.1. The second kappa shape index (κ2) is 9.27. The largest absolute Gasteiger partial charge is 0.497 e. The number of carbonyl (C=O) groups excluding carboxylic acids is 1. The Bertz CT molecular complexity index is 1220. The van der Waals surface area contributed by atoms with Crippen molar-refractivity contribution in [3.8, 4) is 28.6 Å². The summed E-state index contributed by atoms with van der Waals surface area (Å²) in [7, 11) is 3.17. The first kappa shape index (κ1) is 22.8. The second-order valence-electron chi connectivity index (χ2n) is 7.63. The molecule has 1 aliphatic rings. The van der Waals surface area contributed by atoms with E-state index < -0.39 is 6.23 Å². The summed E-state index contributed by atoms with van der Waals surface area (Å²) in [6, 6.07) is 9.41. The van der Waals surface area contributed by atoms with Crippen LogP contribution in [0.4, 0.5) is 5.69 Å². The Morgan fingerprint density at radius 1 is 1.15 bits per heavy atom. The van der Waals surface area contributed by atoms with Crippen LogP contribution in [0.1, 0.15) is 36.8 Å². The minimum atomic E-state index is -0.856. The fraction of sp³-hybridized carbons (Fsp3) is 0.333. The van der Waals surface area contributed by atoms with E-state index in [0.717, 1.165) is 22.4 Å². The number of hydrogen-bond acceptors (Lipinski definition) is 8. The highest BCUT2D eigenvalue weighted by Crippen LogP contribution is 2.47. The van der Waals surface area contributed by atoms with Crippen LogP contribution >= 0.6 is 11.8 Å². The van der Waals surface area contributed by atoms with E-state index in [4.69, 9.17) is 14.2 Å². The average molecular weight is 467 g/mol. The number of aromatic nitrogens is 3. The number of benzene rings is 2. The number of thioether (sulfide) groups is 1. The molecular weight excluding hydrogens is 440 g/mol. The highest BCUT2D eigenvalue weighted by molar-refractivity contribution is 7.99. The third-order valence-corrected chi connectivity index (χ3v) is 6.07. The minimum absolute atomic E-state index is 0.193. The van der Waals surface area contributed by atoms with Gasteiger partial charge in [0.15, 0.2) is 5.69 Å². The Morgan fingerprint density at radius 3 is 2.61 bits per heavy atom. The lowest BCUT2D eigenvalue weighted by molar-refractivity contribution is -0.118. The summed E-state index contributed by atoms with van der Waals surface area (Å²) in [4.78, 5) is 19.4. The van der Waals surface area contributed by atoms with Gasteiger partial charge in [-0.05, 0) is 49.4 Å². The molecule has 2 heterocycles. The van der Waals surface area contributed by atoms with Crippen molar-refractivity contribution in [3.63, 3.8) is 0 Å². The molecule has 0 saturated heterocycles. The number of fused-ring (bicyclic) bond motifs is 3. The van der Waals surface area contributed by atoms with Crippen molar-refractivity contribution in [1.82, 2.24) is 15.2 Å². The number of amides is 1. The van der Waals surface area contributed by atoms with Crippen LogP contribution < -0.4 is 19.1 Å². The van der Waals surface area contributed by atoms with Crippen LogP contribution in [0.3, 0.4) is 0 Å². The summed E-state index contributed by atoms with van der Waals surface area (Å²) in [5, 5.41) is 9.26. The van der Waals surface area contributed by atoms with Gasteiger partial charge in [-0.3, -0.25) is 9.69 Å². The quantitative estimate of drug-likeness (QED) is 0.499. The van der Waals surface area contributed by atoms with Crippen molar-refractivity contribution in [3.05, 3.63) is 47.0 Å². The zero-order chi connectivity index (χ0) is 23.7. The third-order valence-electron chi connectivity index (χ3n) is 5.35. The maximum absolute atomic E-state index is 13.1. The Hall–Kier alpha value is -3.33. The van der Waals surface area contributed by atoms with Gasteiger partial charge in [-0.15, -0.1) is 10.2 Å². The van der Waals surface area contributed by atoms with Crippen LogP contribution in [0.2, 0.25) is 0 Å². The highest BCUT2D eigenvalue weighted by Gasteiger charge is 2.37. The van der Waals surface area contributed by atoms with E-state index in [1.807, 2.05) is 39.0 Å². The first-order chi connectivity index (χ1) is 15.9. The third kappa shape index (κ3) is 4.20. The molecule has 1 aliphatic heterocycles. The van der Waals surface area contributed by atoms with Crippen molar-refractivity contribution >= 4 is 23.4 Å². The van der Waals surface area contributed by atoms with Crippen molar-refractivity contribution in [2.75, 3.05) is 24.9 Å². The number of aryl methyl sites for hydroxylation is 2. The zero-order valence-electron chi connectivity index (χ0n) is 19.5. The zero-order valence-corrected chi connectivity index (χ0v) is 20.3. The maximum Gasteiger partial charge on any atom is 0.247 e.